The molecular weight excluding hydrogens is 228 g/mol. The quantitative estimate of drug-likeness (QED) is 0.387. The first kappa shape index (κ1) is 11.9. The molecule has 0 bridgehead atoms. The van der Waals surface area contributed by atoms with Gasteiger partial charge in [-0.25, -0.2) is 0 Å². The number of nitrogen functional groups attached to an aromatic ring is 1. The summed E-state index contributed by atoms with van der Waals surface area (Å²) in [6, 6.07) is 14.5. The SMILES string of the molecule is Nc1cccc(C=Cc2ccccc2)c1[N+](=O)[O-]. The lowest BCUT2D eigenvalue weighted by Gasteiger charge is -2.00. The van der Waals surface area contributed by atoms with Gasteiger partial charge in [-0.15, -0.1) is 0 Å². The summed E-state index contributed by atoms with van der Waals surface area (Å²) < 4.78 is 0. The van der Waals surface area contributed by atoms with Gasteiger partial charge in [-0.3, -0.25) is 10.1 Å². The van der Waals surface area contributed by atoms with Crippen LogP contribution in [0.4, 0.5) is 11.4 Å². The smallest absolute Gasteiger partial charge is 0.299 e. The molecule has 0 spiro atoms. The summed E-state index contributed by atoms with van der Waals surface area (Å²) in [5.41, 5.74) is 7.22. The molecule has 0 heterocycles. The summed E-state index contributed by atoms with van der Waals surface area (Å²) in [4.78, 5) is 10.5. The number of benzene rings is 2. The van der Waals surface area contributed by atoms with Crippen molar-refractivity contribution in [3.8, 4) is 0 Å². The van der Waals surface area contributed by atoms with Crippen molar-refractivity contribution < 1.29 is 4.92 Å². The van der Waals surface area contributed by atoms with E-state index in [1.807, 2.05) is 36.4 Å². The minimum absolute atomic E-state index is 0.0512. The van der Waals surface area contributed by atoms with Crippen molar-refractivity contribution in [2.45, 2.75) is 0 Å². The number of hydrogen-bond acceptors (Lipinski definition) is 3. The lowest BCUT2D eigenvalue weighted by molar-refractivity contribution is -0.384. The maximum atomic E-state index is 10.9. The highest BCUT2D eigenvalue weighted by molar-refractivity contribution is 5.78. The Balaban J connectivity index is 2.38. The normalized spacial score (nSPS) is 10.7. The zero-order valence-corrected chi connectivity index (χ0v) is 9.61. The number of rotatable bonds is 3. The van der Waals surface area contributed by atoms with Crippen molar-refractivity contribution in [1.82, 2.24) is 0 Å². The molecule has 2 rings (SSSR count). The Kier molecular flexibility index (Phi) is 3.38. The van der Waals surface area contributed by atoms with Crippen molar-refractivity contribution in [3.05, 3.63) is 69.8 Å². The molecule has 4 nitrogen and oxygen atoms in total. The Morgan fingerprint density at radius 2 is 1.72 bits per heavy atom. The van der Waals surface area contributed by atoms with E-state index in [2.05, 4.69) is 0 Å². The van der Waals surface area contributed by atoms with Crippen molar-refractivity contribution in [2.24, 2.45) is 0 Å². The molecule has 0 atom stereocenters. The van der Waals surface area contributed by atoms with Gasteiger partial charge < -0.3 is 5.73 Å². The molecule has 0 radical (unpaired) electrons. The van der Waals surface area contributed by atoms with Gasteiger partial charge in [0.2, 0.25) is 0 Å². The van der Waals surface area contributed by atoms with E-state index in [1.54, 1.807) is 18.2 Å². The Bertz CT molecular complexity index is 592. The van der Waals surface area contributed by atoms with Gasteiger partial charge in [0.25, 0.3) is 5.69 Å². The number of hydrogen-bond donors (Lipinski definition) is 1. The van der Waals surface area contributed by atoms with E-state index in [1.165, 1.54) is 6.07 Å². The van der Waals surface area contributed by atoms with Gasteiger partial charge in [0.1, 0.15) is 5.69 Å². The minimum Gasteiger partial charge on any atom is -0.393 e. The van der Waals surface area contributed by atoms with Crippen LogP contribution in [0.15, 0.2) is 48.5 Å². The average Bonchev–Trinajstić information content (AvgIpc) is 2.37. The minimum atomic E-state index is -0.458. The van der Waals surface area contributed by atoms with E-state index < -0.39 is 4.92 Å². The van der Waals surface area contributed by atoms with Crippen molar-refractivity contribution >= 4 is 23.5 Å². The fourth-order valence-electron chi connectivity index (χ4n) is 1.68. The Morgan fingerprint density at radius 1 is 1.00 bits per heavy atom. The van der Waals surface area contributed by atoms with Crippen LogP contribution in [0.2, 0.25) is 0 Å². The summed E-state index contributed by atoms with van der Waals surface area (Å²) in [5, 5.41) is 10.9. The number of nitrogens with zero attached hydrogens (tertiary/aromatic N) is 1. The van der Waals surface area contributed by atoms with Crippen LogP contribution < -0.4 is 5.73 Å². The molecule has 18 heavy (non-hydrogen) atoms. The maximum absolute atomic E-state index is 10.9. The Morgan fingerprint density at radius 3 is 2.39 bits per heavy atom. The van der Waals surface area contributed by atoms with Gasteiger partial charge in [-0.2, -0.15) is 0 Å². The maximum Gasteiger partial charge on any atom is 0.299 e. The summed E-state index contributed by atoms with van der Waals surface area (Å²) in [6.07, 6.45) is 3.52. The second kappa shape index (κ2) is 5.14. The summed E-state index contributed by atoms with van der Waals surface area (Å²) in [7, 11) is 0. The molecule has 2 N–H and O–H groups in total. The van der Waals surface area contributed by atoms with E-state index in [9.17, 15) is 10.1 Å². The molecule has 90 valence electrons. The molecule has 0 amide bonds. The van der Waals surface area contributed by atoms with Gasteiger partial charge in [0.15, 0.2) is 0 Å². The van der Waals surface area contributed by atoms with Crippen LogP contribution in [0.3, 0.4) is 0 Å². The second-order valence-electron chi connectivity index (χ2n) is 3.79. The topological polar surface area (TPSA) is 69.2 Å². The van der Waals surface area contributed by atoms with Crippen LogP contribution in [0.1, 0.15) is 11.1 Å². The molecule has 4 heteroatoms. The predicted molar refractivity (Wildman–Crippen MR) is 72.9 cm³/mol. The standard InChI is InChI=1S/C14H12N2O2/c15-13-8-4-7-12(14(13)16(17)18)10-9-11-5-2-1-3-6-11/h1-10H,15H2. The Hall–Kier alpha value is -2.62. The third-order valence-corrected chi connectivity index (χ3v) is 2.54. The molecule has 0 aliphatic heterocycles. The summed E-state index contributed by atoms with van der Waals surface area (Å²) in [5.74, 6) is 0. The first-order valence-corrected chi connectivity index (χ1v) is 5.44. The van der Waals surface area contributed by atoms with E-state index in [4.69, 9.17) is 5.73 Å². The molecule has 2 aromatic carbocycles. The molecular formula is C14H12N2O2. The van der Waals surface area contributed by atoms with E-state index in [-0.39, 0.29) is 11.4 Å². The first-order chi connectivity index (χ1) is 8.68. The molecule has 0 saturated carbocycles. The molecule has 0 aliphatic rings. The van der Waals surface area contributed by atoms with E-state index in [0.717, 1.165) is 5.56 Å². The second-order valence-corrected chi connectivity index (χ2v) is 3.79. The lowest BCUT2D eigenvalue weighted by atomic mass is 10.1. The third kappa shape index (κ3) is 2.55. The largest absolute Gasteiger partial charge is 0.393 e. The highest BCUT2D eigenvalue weighted by Gasteiger charge is 2.15. The van der Waals surface area contributed by atoms with Crippen LogP contribution in [0.25, 0.3) is 12.2 Å². The van der Waals surface area contributed by atoms with Crippen molar-refractivity contribution in [1.29, 1.82) is 0 Å². The zero-order valence-electron chi connectivity index (χ0n) is 9.61. The van der Waals surface area contributed by atoms with E-state index >= 15 is 0 Å². The molecule has 0 saturated heterocycles. The average molecular weight is 240 g/mol. The molecule has 0 fully saturated rings. The van der Waals surface area contributed by atoms with Crippen LogP contribution in [-0.4, -0.2) is 4.92 Å². The zero-order chi connectivity index (χ0) is 13.0. The monoisotopic (exact) mass is 240 g/mol. The highest BCUT2D eigenvalue weighted by atomic mass is 16.6. The number of nitro groups is 1. The molecule has 0 aromatic heterocycles. The van der Waals surface area contributed by atoms with Gasteiger partial charge in [-0.1, -0.05) is 42.5 Å². The van der Waals surface area contributed by atoms with Crippen LogP contribution in [0, 0.1) is 10.1 Å². The van der Waals surface area contributed by atoms with Crippen LogP contribution in [0.5, 0.6) is 0 Å². The van der Waals surface area contributed by atoms with Crippen molar-refractivity contribution in [3.63, 3.8) is 0 Å². The number of anilines is 1. The Labute approximate surface area is 105 Å². The van der Waals surface area contributed by atoms with Gasteiger partial charge >= 0.3 is 0 Å². The summed E-state index contributed by atoms with van der Waals surface area (Å²) >= 11 is 0. The number of nitro benzene ring substituents is 1. The fourth-order valence-corrected chi connectivity index (χ4v) is 1.68. The summed E-state index contributed by atoms with van der Waals surface area (Å²) in [6.45, 7) is 0. The van der Waals surface area contributed by atoms with Gasteiger partial charge in [-0.05, 0) is 23.8 Å². The van der Waals surface area contributed by atoms with Gasteiger partial charge in [0.05, 0.1) is 10.5 Å². The predicted octanol–water partition coefficient (Wildman–Crippen LogP) is 3.35. The third-order valence-electron chi connectivity index (χ3n) is 2.54. The molecule has 0 aliphatic carbocycles. The number of para-hydroxylation sites is 1. The number of nitrogens with two attached hydrogens (primary N) is 1. The molecule has 0 unspecified atom stereocenters. The van der Waals surface area contributed by atoms with Crippen LogP contribution >= 0.6 is 0 Å². The van der Waals surface area contributed by atoms with E-state index in [0.29, 0.717) is 5.56 Å². The highest BCUT2D eigenvalue weighted by Crippen LogP contribution is 2.27. The van der Waals surface area contributed by atoms with Gasteiger partial charge in [0, 0.05) is 0 Å². The molecule has 2 aromatic rings. The fraction of sp³-hybridized carbons (Fsp3) is 0. The van der Waals surface area contributed by atoms with Crippen LogP contribution in [-0.2, 0) is 0 Å². The lowest BCUT2D eigenvalue weighted by Crippen LogP contribution is -1.97. The first-order valence-electron chi connectivity index (χ1n) is 5.44. The van der Waals surface area contributed by atoms with Crippen molar-refractivity contribution in [2.75, 3.05) is 5.73 Å².